The summed E-state index contributed by atoms with van der Waals surface area (Å²) in [4.78, 5) is 17.2. The second-order valence-electron chi connectivity index (χ2n) is 6.87. The highest BCUT2D eigenvalue weighted by Crippen LogP contribution is 2.23. The van der Waals surface area contributed by atoms with Gasteiger partial charge in [0.2, 0.25) is 5.91 Å². The van der Waals surface area contributed by atoms with Crippen LogP contribution < -0.4 is 5.32 Å². The standard InChI is InChI=1S/C21H26ClN3O/c1-24-11-13-25(14-12-24)20(18-7-9-19(22)10-8-18)16-23-21(26)15-17-5-3-2-4-6-17/h2-10,20H,11-16H2,1H3,(H,23,26). The lowest BCUT2D eigenvalue weighted by molar-refractivity contribution is -0.120. The van der Waals surface area contributed by atoms with E-state index in [0.29, 0.717) is 13.0 Å². The molecule has 0 aromatic heterocycles. The van der Waals surface area contributed by atoms with Gasteiger partial charge in [-0.1, -0.05) is 54.1 Å². The molecule has 26 heavy (non-hydrogen) atoms. The van der Waals surface area contributed by atoms with E-state index < -0.39 is 0 Å². The number of likely N-dealkylation sites (N-methyl/N-ethyl adjacent to an activating group) is 1. The van der Waals surface area contributed by atoms with E-state index in [1.54, 1.807) is 0 Å². The van der Waals surface area contributed by atoms with Crippen molar-refractivity contribution in [1.82, 2.24) is 15.1 Å². The number of benzene rings is 2. The predicted octanol–water partition coefficient (Wildman–Crippen LogP) is 2.99. The number of hydrogen-bond acceptors (Lipinski definition) is 3. The van der Waals surface area contributed by atoms with E-state index in [2.05, 4.69) is 34.3 Å². The molecule has 1 N–H and O–H groups in total. The number of hydrogen-bond donors (Lipinski definition) is 1. The Labute approximate surface area is 160 Å². The molecule has 0 saturated carbocycles. The Kier molecular flexibility index (Phi) is 6.67. The first-order valence-electron chi connectivity index (χ1n) is 9.10. The molecule has 1 unspecified atom stereocenters. The van der Waals surface area contributed by atoms with Gasteiger partial charge in [0.1, 0.15) is 0 Å². The zero-order valence-corrected chi connectivity index (χ0v) is 16.0. The van der Waals surface area contributed by atoms with Gasteiger partial charge in [-0.25, -0.2) is 0 Å². The zero-order chi connectivity index (χ0) is 18.4. The van der Waals surface area contributed by atoms with E-state index in [-0.39, 0.29) is 11.9 Å². The monoisotopic (exact) mass is 371 g/mol. The van der Waals surface area contributed by atoms with Crippen LogP contribution in [0.3, 0.4) is 0 Å². The molecule has 1 fully saturated rings. The van der Waals surface area contributed by atoms with Crippen LogP contribution in [0.4, 0.5) is 0 Å². The Hall–Kier alpha value is -1.88. The van der Waals surface area contributed by atoms with E-state index >= 15 is 0 Å². The third-order valence-electron chi connectivity index (χ3n) is 4.93. The normalized spacial score (nSPS) is 17.0. The van der Waals surface area contributed by atoms with Crippen LogP contribution in [0.1, 0.15) is 17.2 Å². The van der Waals surface area contributed by atoms with Gasteiger partial charge in [-0.05, 0) is 30.3 Å². The summed E-state index contributed by atoms with van der Waals surface area (Å²) in [5.41, 5.74) is 2.23. The molecule has 1 aliphatic rings. The van der Waals surface area contributed by atoms with Crippen LogP contribution in [0.2, 0.25) is 5.02 Å². The minimum absolute atomic E-state index is 0.0595. The molecular weight excluding hydrogens is 346 g/mol. The summed E-state index contributed by atoms with van der Waals surface area (Å²) in [6.07, 6.45) is 0.414. The summed E-state index contributed by atoms with van der Waals surface area (Å²) in [7, 11) is 2.15. The second kappa shape index (κ2) is 9.17. The van der Waals surface area contributed by atoms with E-state index in [4.69, 9.17) is 11.6 Å². The second-order valence-corrected chi connectivity index (χ2v) is 7.31. The maximum Gasteiger partial charge on any atom is 0.224 e. The average molecular weight is 372 g/mol. The van der Waals surface area contributed by atoms with E-state index in [1.807, 2.05) is 42.5 Å². The first-order chi connectivity index (χ1) is 12.6. The minimum atomic E-state index is 0.0595. The Bertz CT molecular complexity index is 697. The zero-order valence-electron chi connectivity index (χ0n) is 15.2. The SMILES string of the molecule is CN1CCN(C(CNC(=O)Cc2ccccc2)c2ccc(Cl)cc2)CC1. The van der Waals surface area contributed by atoms with Gasteiger partial charge in [0, 0.05) is 37.7 Å². The fraction of sp³-hybridized carbons (Fsp3) is 0.381. The number of halogens is 1. The molecule has 0 radical (unpaired) electrons. The van der Waals surface area contributed by atoms with Crippen molar-refractivity contribution in [3.8, 4) is 0 Å². The Morgan fingerprint density at radius 2 is 1.69 bits per heavy atom. The van der Waals surface area contributed by atoms with Gasteiger partial charge in [0.15, 0.2) is 0 Å². The minimum Gasteiger partial charge on any atom is -0.354 e. The molecule has 1 heterocycles. The number of carbonyl (C=O) groups is 1. The summed E-state index contributed by atoms with van der Waals surface area (Å²) >= 11 is 6.05. The Morgan fingerprint density at radius 1 is 1.04 bits per heavy atom. The van der Waals surface area contributed by atoms with Gasteiger partial charge in [-0.2, -0.15) is 0 Å². The van der Waals surface area contributed by atoms with E-state index in [0.717, 1.165) is 36.8 Å². The van der Waals surface area contributed by atoms with E-state index in [9.17, 15) is 4.79 Å². The molecule has 2 aromatic carbocycles. The van der Waals surface area contributed by atoms with Crippen molar-refractivity contribution in [2.45, 2.75) is 12.5 Å². The summed E-state index contributed by atoms with van der Waals surface area (Å²) in [6, 6.07) is 18.0. The van der Waals surface area contributed by atoms with Crippen LogP contribution in [-0.4, -0.2) is 55.5 Å². The van der Waals surface area contributed by atoms with Crippen LogP contribution in [-0.2, 0) is 11.2 Å². The molecule has 1 saturated heterocycles. The number of nitrogens with zero attached hydrogens (tertiary/aromatic N) is 2. The topological polar surface area (TPSA) is 35.6 Å². The molecule has 1 aliphatic heterocycles. The van der Waals surface area contributed by atoms with Crippen molar-refractivity contribution >= 4 is 17.5 Å². The third-order valence-corrected chi connectivity index (χ3v) is 5.19. The summed E-state index contributed by atoms with van der Waals surface area (Å²) in [6.45, 7) is 4.69. The van der Waals surface area contributed by atoms with Crippen LogP contribution in [0.5, 0.6) is 0 Å². The molecule has 0 aliphatic carbocycles. The van der Waals surface area contributed by atoms with Crippen LogP contribution in [0, 0.1) is 0 Å². The van der Waals surface area contributed by atoms with Gasteiger partial charge in [0.05, 0.1) is 12.5 Å². The lowest BCUT2D eigenvalue weighted by Crippen LogP contribution is -2.48. The number of piperazine rings is 1. The number of nitrogens with one attached hydrogen (secondary N) is 1. The number of rotatable bonds is 6. The highest BCUT2D eigenvalue weighted by atomic mass is 35.5. The summed E-state index contributed by atoms with van der Waals surface area (Å²) in [5.74, 6) is 0.0595. The molecule has 1 amide bonds. The molecule has 4 nitrogen and oxygen atoms in total. The molecule has 0 spiro atoms. The number of carbonyl (C=O) groups excluding carboxylic acids is 1. The fourth-order valence-electron chi connectivity index (χ4n) is 3.33. The first-order valence-corrected chi connectivity index (χ1v) is 9.48. The van der Waals surface area contributed by atoms with Crippen molar-refractivity contribution in [2.75, 3.05) is 39.8 Å². The molecular formula is C21H26ClN3O. The Balaban J connectivity index is 1.65. The quantitative estimate of drug-likeness (QED) is 0.847. The molecule has 0 bridgehead atoms. The smallest absolute Gasteiger partial charge is 0.224 e. The number of amides is 1. The van der Waals surface area contributed by atoms with Crippen molar-refractivity contribution in [1.29, 1.82) is 0 Å². The maximum absolute atomic E-state index is 12.4. The van der Waals surface area contributed by atoms with Crippen molar-refractivity contribution in [2.24, 2.45) is 0 Å². The van der Waals surface area contributed by atoms with Gasteiger partial charge in [-0.15, -0.1) is 0 Å². The third kappa shape index (κ3) is 5.31. The van der Waals surface area contributed by atoms with E-state index in [1.165, 1.54) is 5.56 Å². The largest absolute Gasteiger partial charge is 0.354 e. The summed E-state index contributed by atoms with van der Waals surface area (Å²) in [5, 5.41) is 3.86. The Morgan fingerprint density at radius 3 is 2.35 bits per heavy atom. The highest BCUT2D eigenvalue weighted by molar-refractivity contribution is 6.30. The van der Waals surface area contributed by atoms with Gasteiger partial charge >= 0.3 is 0 Å². The average Bonchev–Trinajstić information content (AvgIpc) is 2.65. The first kappa shape index (κ1) is 18.9. The lowest BCUT2D eigenvalue weighted by atomic mass is 10.0. The molecule has 138 valence electrons. The van der Waals surface area contributed by atoms with Gasteiger partial charge in [-0.3, -0.25) is 9.69 Å². The molecule has 3 rings (SSSR count). The van der Waals surface area contributed by atoms with Gasteiger partial charge < -0.3 is 10.2 Å². The molecule has 2 aromatic rings. The summed E-state index contributed by atoms with van der Waals surface area (Å²) < 4.78 is 0. The van der Waals surface area contributed by atoms with Crippen LogP contribution in [0.15, 0.2) is 54.6 Å². The van der Waals surface area contributed by atoms with Crippen molar-refractivity contribution in [3.63, 3.8) is 0 Å². The maximum atomic E-state index is 12.4. The van der Waals surface area contributed by atoms with Crippen molar-refractivity contribution in [3.05, 3.63) is 70.7 Å². The lowest BCUT2D eigenvalue weighted by Gasteiger charge is -2.38. The predicted molar refractivity (Wildman–Crippen MR) is 106 cm³/mol. The molecule has 5 heteroatoms. The highest BCUT2D eigenvalue weighted by Gasteiger charge is 2.24. The van der Waals surface area contributed by atoms with Crippen molar-refractivity contribution < 1.29 is 4.79 Å². The van der Waals surface area contributed by atoms with Gasteiger partial charge in [0.25, 0.3) is 0 Å². The fourth-order valence-corrected chi connectivity index (χ4v) is 3.46. The van der Waals surface area contributed by atoms with Crippen LogP contribution >= 0.6 is 11.6 Å². The molecule has 1 atom stereocenters. The van der Waals surface area contributed by atoms with Crippen LogP contribution in [0.25, 0.3) is 0 Å².